The standard InChI is InChI=1S/C23H18ClF2N3OS2/c24-15-6-8-18(9-7-15)31-11-3-5-21(30)29(14-17-4-1-2-10-27-17)23-28-22-19(26)12-16(25)13-20(22)32-23/h1-2,4,6-10,12-13H,3,5,11,14H2. The molecule has 0 N–H and O–H groups in total. The van der Waals surface area contributed by atoms with Crippen molar-refractivity contribution in [3.05, 3.63) is 83.1 Å². The van der Waals surface area contributed by atoms with Crippen molar-refractivity contribution in [2.45, 2.75) is 24.3 Å². The van der Waals surface area contributed by atoms with Crippen LogP contribution in [0.3, 0.4) is 0 Å². The average molecular weight is 490 g/mol. The van der Waals surface area contributed by atoms with Crippen LogP contribution in [-0.4, -0.2) is 21.6 Å². The van der Waals surface area contributed by atoms with Crippen LogP contribution in [0.25, 0.3) is 10.2 Å². The van der Waals surface area contributed by atoms with Crippen molar-refractivity contribution in [2.24, 2.45) is 0 Å². The third-order valence-corrected chi connectivity index (χ3v) is 6.97. The monoisotopic (exact) mass is 489 g/mol. The van der Waals surface area contributed by atoms with Crippen LogP contribution in [0.15, 0.2) is 65.7 Å². The minimum atomic E-state index is -0.743. The maximum atomic E-state index is 14.2. The van der Waals surface area contributed by atoms with Crippen LogP contribution in [0.2, 0.25) is 5.02 Å². The zero-order chi connectivity index (χ0) is 22.5. The summed E-state index contributed by atoms with van der Waals surface area (Å²) in [6.07, 6.45) is 2.59. The first-order valence-corrected chi connectivity index (χ1v) is 12.0. The topological polar surface area (TPSA) is 46.1 Å². The number of rotatable bonds is 8. The summed E-state index contributed by atoms with van der Waals surface area (Å²) in [5.74, 6) is -0.809. The van der Waals surface area contributed by atoms with E-state index in [2.05, 4.69) is 9.97 Å². The van der Waals surface area contributed by atoms with Gasteiger partial charge in [-0.2, -0.15) is 0 Å². The highest BCUT2D eigenvalue weighted by atomic mass is 35.5. The number of thiazole rings is 1. The number of pyridine rings is 1. The van der Waals surface area contributed by atoms with E-state index in [1.54, 1.807) is 24.0 Å². The van der Waals surface area contributed by atoms with E-state index in [-0.39, 0.29) is 18.0 Å². The molecule has 0 fully saturated rings. The number of hydrogen-bond donors (Lipinski definition) is 0. The van der Waals surface area contributed by atoms with Gasteiger partial charge in [0.15, 0.2) is 10.9 Å². The molecule has 9 heteroatoms. The molecule has 0 spiro atoms. The largest absolute Gasteiger partial charge is 0.282 e. The maximum Gasteiger partial charge on any atom is 0.229 e. The van der Waals surface area contributed by atoms with Gasteiger partial charge >= 0.3 is 0 Å². The number of fused-ring (bicyclic) bond motifs is 1. The Bertz CT molecular complexity index is 1220. The minimum Gasteiger partial charge on any atom is -0.282 e. The van der Waals surface area contributed by atoms with Crippen molar-refractivity contribution in [2.75, 3.05) is 10.7 Å². The predicted molar refractivity (Wildman–Crippen MR) is 126 cm³/mol. The van der Waals surface area contributed by atoms with Gasteiger partial charge in [-0.15, -0.1) is 11.8 Å². The van der Waals surface area contributed by atoms with Crippen molar-refractivity contribution in [3.8, 4) is 0 Å². The normalized spacial score (nSPS) is 11.1. The first kappa shape index (κ1) is 22.6. The maximum absolute atomic E-state index is 14.2. The van der Waals surface area contributed by atoms with Gasteiger partial charge in [-0.3, -0.25) is 14.7 Å². The quantitative estimate of drug-likeness (QED) is 0.203. The van der Waals surface area contributed by atoms with E-state index in [0.717, 1.165) is 28.1 Å². The molecular formula is C23H18ClF2N3OS2. The smallest absolute Gasteiger partial charge is 0.229 e. The fourth-order valence-electron chi connectivity index (χ4n) is 3.06. The summed E-state index contributed by atoms with van der Waals surface area (Å²) in [5, 5.41) is 1.01. The molecule has 0 aliphatic heterocycles. The Labute approximate surface area is 197 Å². The lowest BCUT2D eigenvalue weighted by molar-refractivity contribution is -0.118. The number of carbonyl (C=O) groups is 1. The number of benzene rings is 2. The molecule has 0 saturated carbocycles. The molecule has 2 heterocycles. The molecule has 0 bridgehead atoms. The zero-order valence-corrected chi connectivity index (χ0v) is 19.2. The van der Waals surface area contributed by atoms with E-state index in [1.165, 1.54) is 11.0 Å². The second kappa shape index (κ2) is 10.4. The third kappa shape index (κ3) is 5.62. The van der Waals surface area contributed by atoms with Gasteiger partial charge in [-0.25, -0.2) is 13.8 Å². The van der Waals surface area contributed by atoms with Crippen molar-refractivity contribution >= 4 is 56.0 Å². The van der Waals surface area contributed by atoms with Gasteiger partial charge < -0.3 is 0 Å². The molecule has 2 aromatic heterocycles. The van der Waals surface area contributed by atoms with Gasteiger partial charge in [0.25, 0.3) is 0 Å². The molecule has 1 amide bonds. The lowest BCUT2D eigenvalue weighted by Crippen LogP contribution is -2.30. The van der Waals surface area contributed by atoms with E-state index in [4.69, 9.17) is 11.6 Å². The van der Waals surface area contributed by atoms with E-state index in [0.29, 0.717) is 33.4 Å². The minimum absolute atomic E-state index is 0.0588. The molecule has 32 heavy (non-hydrogen) atoms. The summed E-state index contributed by atoms with van der Waals surface area (Å²) < 4.78 is 28.1. The molecule has 0 aliphatic carbocycles. The van der Waals surface area contributed by atoms with E-state index in [9.17, 15) is 13.6 Å². The van der Waals surface area contributed by atoms with Gasteiger partial charge in [0, 0.05) is 28.6 Å². The van der Waals surface area contributed by atoms with Gasteiger partial charge in [-0.1, -0.05) is 29.0 Å². The van der Waals surface area contributed by atoms with Crippen molar-refractivity contribution < 1.29 is 13.6 Å². The van der Waals surface area contributed by atoms with Crippen LogP contribution in [0, 0.1) is 11.6 Å². The zero-order valence-electron chi connectivity index (χ0n) is 16.8. The number of aromatic nitrogens is 2. The third-order valence-electron chi connectivity index (χ3n) is 4.60. The van der Waals surface area contributed by atoms with Gasteiger partial charge in [0.1, 0.15) is 11.3 Å². The summed E-state index contributed by atoms with van der Waals surface area (Å²) in [6.45, 7) is 0.202. The van der Waals surface area contributed by atoms with E-state index in [1.807, 2.05) is 36.4 Å². The molecule has 0 atom stereocenters. The summed E-state index contributed by atoms with van der Waals surface area (Å²) >= 11 is 8.64. The highest BCUT2D eigenvalue weighted by Gasteiger charge is 2.22. The summed E-state index contributed by atoms with van der Waals surface area (Å²) in [7, 11) is 0. The van der Waals surface area contributed by atoms with Crippen molar-refractivity contribution in [1.29, 1.82) is 0 Å². The molecular weight excluding hydrogens is 472 g/mol. The number of thioether (sulfide) groups is 1. The number of anilines is 1. The van der Waals surface area contributed by atoms with Gasteiger partial charge in [0.2, 0.25) is 5.91 Å². The van der Waals surface area contributed by atoms with Crippen LogP contribution in [0.5, 0.6) is 0 Å². The fourth-order valence-corrected chi connectivity index (χ4v) is 5.06. The Kier molecular flexibility index (Phi) is 7.34. The highest BCUT2D eigenvalue weighted by molar-refractivity contribution is 7.99. The summed E-state index contributed by atoms with van der Waals surface area (Å²) in [6, 6.07) is 15.0. The van der Waals surface area contributed by atoms with Crippen LogP contribution in [0.4, 0.5) is 13.9 Å². The van der Waals surface area contributed by atoms with Crippen LogP contribution >= 0.6 is 34.7 Å². The van der Waals surface area contributed by atoms with Gasteiger partial charge in [0.05, 0.1) is 16.9 Å². The number of hydrogen-bond acceptors (Lipinski definition) is 5. The highest BCUT2D eigenvalue weighted by Crippen LogP contribution is 2.32. The second-order valence-electron chi connectivity index (χ2n) is 6.94. The van der Waals surface area contributed by atoms with E-state index >= 15 is 0 Å². The first-order valence-electron chi connectivity index (χ1n) is 9.84. The first-order chi connectivity index (χ1) is 15.5. The molecule has 4 nitrogen and oxygen atoms in total. The van der Waals surface area contributed by atoms with Gasteiger partial charge in [-0.05, 0) is 54.6 Å². The molecule has 2 aromatic carbocycles. The molecule has 164 valence electrons. The van der Waals surface area contributed by atoms with Crippen LogP contribution in [0.1, 0.15) is 18.5 Å². The Morgan fingerprint density at radius 3 is 2.69 bits per heavy atom. The SMILES string of the molecule is O=C(CCCSc1ccc(Cl)cc1)N(Cc1ccccn1)c1nc2c(F)cc(F)cc2s1. The number of halogens is 3. The molecule has 0 radical (unpaired) electrons. The lowest BCUT2D eigenvalue weighted by Gasteiger charge is -2.19. The molecule has 0 aliphatic rings. The molecule has 4 aromatic rings. The van der Waals surface area contributed by atoms with Crippen molar-refractivity contribution in [1.82, 2.24) is 9.97 Å². The Balaban J connectivity index is 1.49. The number of amides is 1. The lowest BCUT2D eigenvalue weighted by atomic mass is 10.2. The molecule has 0 saturated heterocycles. The summed E-state index contributed by atoms with van der Waals surface area (Å²) in [5.41, 5.74) is 0.741. The molecule has 4 rings (SSSR count). The Hall–Kier alpha value is -2.55. The summed E-state index contributed by atoms with van der Waals surface area (Å²) in [4.78, 5) is 24.3. The van der Waals surface area contributed by atoms with Crippen LogP contribution in [-0.2, 0) is 11.3 Å². The fraction of sp³-hybridized carbons (Fsp3) is 0.174. The number of nitrogens with zero attached hydrogens (tertiary/aromatic N) is 3. The average Bonchev–Trinajstić information content (AvgIpc) is 3.21. The number of carbonyl (C=O) groups excluding carboxylic acids is 1. The Morgan fingerprint density at radius 2 is 1.94 bits per heavy atom. The van der Waals surface area contributed by atoms with Crippen LogP contribution < -0.4 is 4.90 Å². The predicted octanol–water partition coefficient (Wildman–Crippen LogP) is 6.73. The molecule has 0 unspecified atom stereocenters. The van der Waals surface area contributed by atoms with E-state index < -0.39 is 11.6 Å². The Morgan fingerprint density at radius 1 is 1.12 bits per heavy atom. The van der Waals surface area contributed by atoms with Crippen molar-refractivity contribution in [3.63, 3.8) is 0 Å². The second-order valence-corrected chi connectivity index (χ2v) is 9.55.